The summed E-state index contributed by atoms with van der Waals surface area (Å²) in [6, 6.07) is 3.48. The number of alkyl halides is 3. The fourth-order valence-corrected chi connectivity index (χ4v) is 3.51. The molecular formula is C16H11Cl2F3N4. The van der Waals surface area contributed by atoms with E-state index in [-0.39, 0.29) is 33.2 Å². The van der Waals surface area contributed by atoms with E-state index >= 15 is 0 Å². The van der Waals surface area contributed by atoms with Crippen LogP contribution in [0.25, 0.3) is 5.69 Å². The van der Waals surface area contributed by atoms with Gasteiger partial charge in [0.1, 0.15) is 17.6 Å². The molecule has 1 aromatic carbocycles. The van der Waals surface area contributed by atoms with Crippen molar-refractivity contribution in [2.45, 2.75) is 24.9 Å². The number of allylic oxidation sites excluding steroid dienone is 2. The minimum Gasteiger partial charge on any atom is -0.383 e. The highest BCUT2D eigenvalue weighted by Crippen LogP contribution is 2.40. The minimum atomic E-state index is -4.58. The Hall–Kier alpha value is -2.17. The van der Waals surface area contributed by atoms with E-state index in [1.165, 1.54) is 0 Å². The van der Waals surface area contributed by atoms with Crippen LogP contribution in [0.2, 0.25) is 10.0 Å². The number of anilines is 1. The maximum Gasteiger partial charge on any atom is 0.416 e. The van der Waals surface area contributed by atoms with Crippen molar-refractivity contribution >= 4 is 29.0 Å². The van der Waals surface area contributed by atoms with Crippen LogP contribution in [0.4, 0.5) is 19.0 Å². The number of nitrogen functional groups attached to an aromatic ring is 1. The van der Waals surface area contributed by atoms with Crippen LogP contribution >= 0.6 is 23.2 Å². The van der Waals surface area contributed by atoms with E-state index in [0.717, 1.165) is 29.7 Å². The van der Waals surface area contributed by atoms with Gasteiger partial charge in [-0.05, 0) is 25.0 Å². The molecule has 0 aliphatic heterocycles. The van der Waals surface area contributed by atoms with Gasteiger partial charge < -0.3 is 5.73 Å². The van der Waals surface area contributed by atoms with Gasteiger partial charge in [0.15, 0.2) is 5.69 Å². The zero-order valence-electron chi connectivity index (χ0n) is 12.6. The van der Waals surface area contributed by atoms with Crippen LogP contribution in [0.15, 0.2) is 24.3 Å². The zero-order valence-corrected chi connectivity index (χ0v) is 14.1. The normalized spacial score (nSPS) is 17.0. The third kappa shape index (κ3) is 3.08. The highest BCUT2D eigenvalue weighted by Gasteiger charge is 2.33. The van der Waals surface area contributed by atoms with Gasteiger partial charge in [0.25, 0.3) is 0 Å². The topological polar surface area (TPSA) is 67.6 Å². The second-order valence-corrected chi connectivity index (χ2v) is 6.38. The monoisotopic (exact) mass is 386 g/mol. The standard InChI is InChI=1S/C16H11Cl2F3N4/c17-10-5-9(16(19,20)21)6-11(18)14(10)25-15(23)13(12(7-22)24-25)8-3-1-2-4-8/h1,3,5-6,8H,2,4,23H2. The molecule has 4 nitrogen and oxygen atoms in total. The van der Waals surface area contributed by atoms with Crippen LogP contribution in [0.3, 0.4) is 0 Å². The van der Waals surface area contributed by atoms with Crippen molar-refractivity contribution in [3.63, 3.8) is 0 Å². The van der Waals surface area contributed by atoms with Crippen molar-refractivity contribution in [1.29, 1.82) is 5.26 Å². The number of hydrogen-bond donors (Lipinski definition) is 1. The van der Waals surface area contributed by atoms with E-state index in [1.807, 2.05) is 18.2 Å². The number of nitrogens with zero attached hydrogens (tertiary/aromatic N) is 3. The Bertz CT molecular complexity index is 886. The summed E-state index contributed by atoms with van der Waals surface area (Å²) < 4.78 is 39.8. The smallest absolute Gasteiger partial charge is 0.383 e. The molecule has 9 heteroatoms. The predicted molar refractivity (Wildman–Crippen MR) is 88.8 cm³/mol. The van der Waals surface area contributed by atoms with Crippen LogP contribution in [0, 0.1) is 11.3 Å². The van der Waals surface area contributed by atoms with Crippen molar-refractivity contribution in [2.75, 3.05) is 5.73 Å². The van der Waals surface area contributed by atoms with Crippen molar-refractivity contribution in [3.05, 3.63) is 51.2 Å². The molecule has 2 N–H and O–H groups in total. The second-order valence-electron chi connectivity index (χ2n) is 5.57. The molecule has 0 bridgehead atoms. The van der Waals surface area contributed by atoms with E-state index in [4.69, 9.17) is 28.9 Å². The van der Waals surface area contributed by atoms with E-state index < -0.39 is 11.7 Å². The summed E-state index contributed by atoms with van der Waals surface area (Å²) in [6.45, 7) is 0. The maximum absolute atomic E-state index is 12.9. The molecule has 0 amide bonds. The van der Waals surface area contributed by atoms with Gasteiger partial charge in [-0.25, -0.2) is 4.68 Å². The molecular weight excluding hydrogens is 376 g/mol. The van der Waals surface area contributed by atoms with E-state index in [9.17, 15) is 18.4 Å². The lowest BCUT2D eigenvalue weighted by molar-refractivity contribution is -0.137. The second kappa shape index (κ2) is 6.28. The third-order valence-electron chi connectivity index (χ3n) is 4.00. The highest BCUT2D eigenvalue weighted by molar-refractivity contribution is 6.38. The van der Waals surface area contributed by atoms with Crippen molar-refractivity contribution in [1.82, 2.24) is 9.78 Å². The van der Waals surface area contributed by atoms with Crippen LogP contribution in [0.5, 0.6) is 0 Å². The Morgan fingerprint density at radius 1 is 1.28 bits per heavy atom. The number of halogens is 5. The number of benzene rings is 1. The van der Waals surface area contributed by atoms with Gasteiger partial charge in [-0.15, -0.1) is 0 Å². The number of rotatable bonds is 2. The summed E-state index contributed by atoms with van der Waals surface area (Å²) in [7, 11) is 0. The molecule has 0 fully saturated rings. The number of nitriles is 1. The van der Waals surface area contributed by atoms with Gasteiger partial charge in [0.2, 0.25) is 0 Å². The van der Waals surface area contributed by atoms with Crippen molar-refractivity contribution < 1.29 is 13.2 Å². The van der Waals surface area contributed by atoms with E-state index in [1.54, 1.807) is 0 Å². The number of nitrogens with two attached hydrogens (primary N) is 1. The summed E-state index contributed by atoms with van der Waals surface area (Å²) in [5, 5.41) is 12.9. The molecule has 1 aliphatic rings. The average Bonchev–Trinajstić information content (AvgIpc) is 3.14. The first kappa shape index (κ1) is 17.6. The summed E-state index contributed by atoms with van der Waals surface area (Å²) in [5.41, 5.74) is 5.80. The molecule has 1 aliphatic carbocycles. The molecule has 3 rings (SSSR count). The molecule has 0 radical (unpaired) electrons. The molecule has 2 aromatic rings. The van der Waals surface area contributed by atoms with Crippen molar-refractivity contribution in [3.8, 4) is 11.8 Å². The zero-order chi connectivity index (χ0) is 18.4. The fraction of sp³-hybridized carbons (Fsp3) is 0.250. The lowest BCUT2D eigenvalue weighted by atomic mass is 9.98. The summed E-state index contributed by atoms with van der Waals surface area (Å²) in [6.07, 6.45) is 0.940. The van der Waals surface area contributed by atoms with E-state index in [2.05, 4.69) is 5.10 Å². The number of aromatic nitrogens is 2. The van der Waals surface area contributed by atoms with Gasteiger partial charge in [0.05, 0.1) is 15.6 Å². The maximum atomic E-state index is 12.9. The van der Waals surface area contributed by atoms with Gasteiger partial charge in [-0.2, -0.15) is 23.5 Å². The molecule has 0 saturated carbocycles. The Morgan fingerprint density at radius 2 is 1.92 bits per heavy atom. The fourth-order valence-electron chi connectivity index (χ4n) is 2.87. The third-order valence-corrected chi connectivity index (χ3v) is 4.58. The summed E-state index contributed by atoms with van der Waals surface area (Å²) in [4.78, 5) is 0. The van der Waals surface area contributed by atoms with Gasteiger partial charge in [0, 0.05) is 11.5 Å². The van der Waals surface area contributed by atoms with Gasteiger partial charge in [-0.1, -0.05) is 35.4 Å². The quantitative estimate of drug-likeness (QED) is 0.731. The van der Waals surface area contributed by atoms with Crippen LogP contribution in [-0.2, 0) is 6.18 Å². The Labute approximate surface area is 151 Å². The molecule has 0 spiro atoms. The molecule has 1 unspecified atom stereocenters. The lowest BCUT2D eigenvalue weighted by Crippen LogP contribution is -2.09. The number of hydrogen-bond acceptors (Lipinski definition) is 3. The summed E-state index contributed by atoms with van der Waals surface area (Å²) in [5.74, 6) is 0.0621. The first-order chi connectivity index (χ1) is 11.7. The highest BCUT2D eigenvalue weighted by atomic mass is 35.5. The molecule has 1 atom stereocenters. The first-order valence-electron chi connectivity index (χ1n) is 7.25. The Balaban J connectivity index is 2.18. The molecule has 1 aromatic heterocycles. The lowest BCUT2D eigenvalue weighted by Gasteiger charge is -2.14. The Kier molecular flexibility index (Phi) is 4.43. The molecule has 25 heavy (non-hydrogen) atoms. The van der Waals surface area contributed by atoms with Crippen molar-refractivity contribution in [2.24, 2.45) is 0 Å². The SMILES string of the molecule is N#Cc1nn(-c2c(Cl)cc(C(F)(F)F)cc2Cl)c(N)c1C1C=CCC1. The molecule has 1 heterocycles. The Morgan fingerprint density at radius 3 is 2.40 bits per heavy atom. The van der Waals surface area contributed by atoms with Crippen LogP contribution in [-0.4, -0.2) is 9.78 Å². The van der Waals surface area contributed by atoms with Crippen LogP contribution in [0.1, 0.15) is 35.6 Å². The first-order valence-corrected chi connectivity index (χ1v) is 8.01. The predicted octanol–water partition coefficient (Wildman–Crippen LogP) is 5.09. The average molecular weight is 387 g/mol. The molecule has 130 valence electrons. The van der Waals surface area contributed by atoms with Crippen LogP contribution < -0.4 is 5.73 Å². The van der Waals surface area contributed by atoms with Gasteiger partial charge >= 0.3 is 6.18 Å². The van der Waals surface area contributed by atoms with E-state index in [0.29, 0.717) is 5.56 Å². The largest absolute Gasteiger partial charge is 0.416 e. The molecule has 0 saturated heterocycles. The minimum absolute atomic E-state index is 0.0126. The van der Waals surface area contributed by atoms with Gasteiger partial charge in [-0.3, -0.25) is 0 Å². The summed E-state index contributed by atoms with van der Waals surface area (Å²) >= 11 is 12.0.